The molecule has 1 aromatic heterocycles. The number of aromatic nitrogens is 1. The van der Waals surface area contributed by atoms with E-state index < -0.39 is 0 Å². The highest BCUT2D eigenvalue weighted by atomic mass is 19.1. The molecular weight excluding hydrogens is 363 g/mol. The number of amides is 1. The predicted molar refractivity (Wildman–Crippen MR) is 114 cm³/mol. The molecule has 2 aromatic carbocycles. The van der Waals surface area contributed by atoms with Gasteiger partial charge in [0, 0.05) is 17.8 Å². The maximum atomic E-state index is 13.6. The second kappa shape index (κ2) is 8.64. The summed E-state index contributed by atoms with van der Waals surface area (Å²) >= 11 is 0. The highest BCUT2D eigenvalue weighted by molar-refractivity contribution is 6.00. The fraction of sp³-hybridized carbons (Fsp3) is 0.320. The van der Waals surface area contributed by atoms with Gasteiger partial charge < -0.3 is 10.3 Å². The van der Waals surface area contributed by atoms with Crippen molar-refractivity contribution in [3.63, 3.8) is 0 Å². The third kappa shape index (κ3) is 4.58. The molecule has 1 heterocycles. The topological polar surface area (TPSA) is 44.9 Å². The van der Waals surface area contributed by atoms with Crippen molar-refractivity contribution in [3.8, 4) is 11.3 Å². The van der Waals surface area contributed by atoms with Crippen molar-refractivity contribution >= 4 is 5.91 Å². The van der Waals surface area contributed by atoms with Gasteiger partial charge in [0.05, 0.1) is 11.3 Å². The van der Waals surface area contributed by atoms with Gasteiger partial charge >= 0.3 is 0 Å². The van der Waals surface area contributed by atoms with Gasteiger partial charge in [0.1, 0.15) is 5.82 Å². The maximum absolute atomic E-state index is 13.6. The monoisotopic (exact) mass is 390 g/mol. The fourth-order valence-electron chi connectivity index (χ4n) is 4.40. The molecule has 2 N–H and O–H groups in total. The number of aryl methyl sites for hydroxylation is 1. The standard InChI is InChI=1S/C25H27FN2O/c1-17-14-23(24(28-17)21-8-5-9-22(26)15-21)25(29)27-16-18-10-12-20(13-11-18)19-6-3-2-4-7-19/h2-9,14-15,18,20,28H,10-13,16H2,1H3,(H,27,29). The second-order valence-electron chi connectivity index (χ2n) is 8.09. The molecule has 3 aromatic rings. The van der Waals surface area contributed by atoms with Gasteiger partial charge in [-0.3, -0.25) is 4.79 Å². The Bertz CT molecular complexity index is 971. The molecule has 1 aliphatic carbocycles. The number of hydrogen-bond donors (Lipinski definition) is 2. The van der Waals surface area contributed by atoms with Crippen LogP contribution in [0.5, 0.6) is 0 Å². The molecule has 4 heteroatoms. The first kappa shape index (κ1) is 19.4. The number of carbonyl (C=O) groups excluding carboxylic acids is 1. The van der Waals surface area contributed by atoms with Crippen LogP contribution in [-0.2, 0) is 0 Å². The molecule has 0 saturated heterocycles. The van der Waals surface area contributed by atoms with Gasteiger partial charge in [0.25, 0.3) is 5.91 Å². The molecule has 1 amide bonds. The van der Waals surface area contributed by atoms with Crippen molar-refractivity contribution in [2.45, 2.75) is 38.5 Å². The Balaban J connectivity index is 1.36. The predicted octanol–water partition coefficient (Wildman–Crippen LogP) is 5.83. The Kier molecular flexibility index (Phi) is 5.79. The van der Waals surface area contributed by atoms with Gasteiger partial charge in [-0.05, 0) is 68.2 Å². The zero-order valence-electron chi connectivity index (χ0n) is 16.7. The largest absolute Gasteiger partial charge is 0.358 e. The number of aromatic amines is 1. The van der Waals surface area contributed by atoms with Gasteiger partial charge in [-0.15, -0.1) is 0 Å². The van der Waals surface area contributed by atoms with E-state index >= 15 is 0 Å². The molecule has 0 radical (unpaired) electrons. The summed E-state index contributed by atoms with van der Waals surface area (Å²) in [6.45, 7) is 2.59. The number of rotatable bonds is 5. The van der Waals surface area contributed by atoms with Gasteiger partial charge in [0.2, 0.25) is 0 Å². The van der Waals surface area contributed by atoms with Crippen LogP contribution in [0.15, 0.2) is 60.7 Å². The number of nitrogens with one attached hydrogen (secondary N) is 2. The van der Waals surface area contributed by atoms with Crippen LogP contribution in [0.25, 0.3) is 11.3 Å². The first-order valence-electron chi connectivity index (χ1n) is 10.4. The SMILES string of the molecule is Cc1cc(C(=O)NCC2CCC(c3ccccc3)CC2)c(-c2cccc(F)c2)[nH]1. The second-order valence-corrected chi connectivity index (χ2v) is 8.09. The highest BCUT2D eigenvalue weighted by Crippen LogP contribution is 2.35. The lowest BCUT2D eigenvalue weighted by molar-refractivity contribution is 0.0943. The molecule has 0 atom stereocenters. The van der Waals surface area contributed by atoms with Crippen LogP contribution >= 0.6 is 0 Å². The Morgan fingerprint density at radius 3 is 2.52 bits per heavy atom. The van der Waals surface area contributed by atoms with E-state index in [-0.39, 0.29) is 11.7 Å². The Morgan fingerprint density at radius 1 is 1.03 bits per heavy atom. The Labute approximate surface area is 171 Å². The summed E-state index contributed by atoms with van der Waals surface area (Å²) in [6.07, 6.45) is 4.59. The van der Waals surface area contributed by atoms with Crippen LogP contribution in [-0.4, -0.2) is 17.4 Å². The first-order valence-corrected chi connectivity index (χ1v) is 10.4. The van der Waals surface area contributed by atoms with Crippen molar-refractivity contribution in [3.05, 3.63) is 83.3 Å². The summed E-state index contributed by atoms with van der Waals surface area (Å²) in [5.41, 5.74) is 4.25. The van der Waals surface area contributed by atoms with Crippen LogP contribution in [0.3, 0.4) is 0 Å². The summed E-state index contributed by atoms with van der Waals surface area (Å²) in [5, 5.41) is 3.11. The average molecular weight is 391 g/mol. The van der Waals surface area contributed by atoms with Crippen LogP contribution < -0.4 is 5.32 Å². The molecule has 0 unspecified atom stereocenters. The smallest absolute Gasteiger partial charge is 0.253 e. The molecule has 1 fully saturated rings. The Morgan fingerprint density at radius 2 is 1.79 bits per heavy atom. The molecular formula is C25H27FN2O. The molecule has 4 rings (SSSR count). The van der Waals surface area contributed by atoms with Crippen molar-refractivity contribution in [1.82, 2.24) is 10.3 Å². The normalized spacial score (nSPS) is 19.1. The zero-order chi connectivity index (χ0) is 20.2. The lowest BCUT2D eigenvalue weighted by Crippen LogP contribution is -2.31. The Hall–Kier alpha value is -2.88. The number of halogens is 1. The van der Waals surface area contributed by atoms with E-state index in [1.54, 1.807) is 6.07 Å². The van der Waals surface area contributed by atoms with Crippen molar-refractivity contribution < 1.29 is 9.18 Å². The van der Waals surface area contributed by atoms with Gasteiger partial charge in [-0.1, -0.05) is 42.5 Å². The minimum atomic E-state index is -0.309. The van der Waals surface area contributed by atoms with E-state index in [1.165, 1.54) is 30.5 Å². The van der Waals surface area contributed by atoms with Crippen molar-refractivity contribution in [2.75, 3.05) is 6.54 Å². The van der Waals surface area contributed by atoms with Gasteiger partial charge in [-0.2, -0.15) is 0 Å². The quantitative estimate of drug-likeness (QED) is 0.565. The third-order valence-corrected chi connectivity index (χ3v) is 5.98. The minimum Gasteiger partial charge on any atom is -0.358 e. The molecule has 0 aliphatic heterocycles. The summed E-state index contributed by atoms with van der Waals surface area (Å²) in [6, 6.07) is 18.9. The third-order valence-electron chi connectivity index (χ3n) is 5.98. The van der Waals surface area contributed by atoms with E-state index in [1.807, 2.05) is 19.1 Å². The summed E-state index contributed by atoms with van der Waals surface area (Å²) < 4.78 is 13.6. The van der Waals surface area contributed by atoms with Crippen molar-refractivity contribution in [2.24, 2.45) is 5.92 Å². The molecule has 29 heavy (non-hydrogen) atoms. The maximum Gasteiger partial charge on any atom is 0.253 e. The van der Waals surface area contributed by atoms with Gasteiger partial charge in [-0.25, -0.2) is 4.39 Å². The highest BCUT2D eigenvalue weighted by Gasteiger charge is 2.23. The van der Waals surface area contributed by atoms with Crippen molar-refractivity contribution in [1.29, 1.82) is 0 Å². The lowest BCUT2D eigenvalue weighted by atomic mass is 9.78. The summed E-state index contributed by atoms with van der Waals surface area (Å²) in [4.78, 5) is 16.0. The first-order chi connectivity index (χ1) is 14.1. The summed E-state index contributed by atoms with van der Waals surface area (Å²) in [7, 11) is 0. The van der Waals surface area contributed by atoms with E-state index in [9.17, 15) is 9.18 Å². The van der Waals surface area contributed by atoms with Crippen LogP contribution in [0.1, 0.15) is 53.2 Å². The molecule has 1 aliphatic rings. The zero-order valence-corrected chi connectivity index (χ0v) is 16.7. The van der Waals surface area contributed by atoms with Crippen LogP contribution in [0.2, 0.25) is 0 Å². The number of hydrogen-bond acceptors (Lipinski definition) is 1. The van der Waals surface area contributed by atoms with E-state index in [4.69, 9.17) is 0 Å². The number of carbonyl (C=O) groups is 1. The minimum absolute atomic E-state index is 0.0983. The fourth-order valence-corrected chi connectivity index (χ4v) is 4.40. The van der Waals surface area contributed by atoms with Gasteiger partial charge in [0.15, 0.2) is 0 Å². The average Bonchev–Trinajstić information content (AvgIpc) is 3.15. The van der Waals surface area contributed by atoms with Crippen LogP contribution in [0.4, 0.5) is 4.39 Å². The number of benzene rings is 2. The van der Waals surface area contributed by atoms with Crippen LogP contribution in [0, 0.1) is 18.7 Å². The lowest BCUT2D eigenvalue weighted by Gasteiger charge is -2.29. The summed E-state index contributed by atoms with van der Waals surface area (Å²) in [5.74, 6) is 0.738. The van der Waals surface area contributed by atoms with E-state index in [0.29, 0.717) is 35.2 Å². The molecule has 3 nitrogen and oxygen atoms in total. The number of H-pyrrole nitrogens is 1. The molecule has 150 valence electrons. The van der Waals surface area contributed by atoms with E-state index in [2.05, 4.69) is 40.6 Å². The molecule has 0 spiro atoms. The molecule has 0 bridgehead atoms. The van der Waals surface area contributed by atoms with E-state index in [0.717, 1.165) is 18.5 Å². The molecule has 1 saturated carbocycles.